The maximum Gasteiger partial charge on any atom is 0.324 e. The molecule has 2 rings (SSSR count). The summed E-state index contributed by atoms with van der Waals surface area (Å²) < 4.78 is 21.0. The predicted molar refractivity (Wildman–Crippen MR) is 146 cm³/mol. The molecule has 0 heterocycles. The van der Waals surface area contributed by atoms with Crippen molar-refractivity contribution < 1.29 is 38.1 Å². The molecule has 0 aromatic heterocycles. The summed E-state index contributed by atoms with van der Waals surface area (Å²) in [6.07, 6.45) is -0.312. The molecule has 2 aromatic carbocycles. The minimum Gasteiger partial charge on any atom is -0.469 e. The molecule has 0 atom stereocenters. The molecule has 0 amide bonds. The van der Waals surface area contributed by atoms with Crippen LogP contribution in [0.3, 0.4) is 0 Å². The first-order valence-electron chi connectivity index (χ1n) is 9.88. The van der Waals surface area contributed by atoms with E-state index in [-0.39, 0.29) is 6.42 Å². The van der Waals surface area contributed by atoms with Crippen molar-refractivity contribution in [2.45, 2.75) is 26.2 Å². The standard InChI is InChI=1S/C12H13BrO4.C7H6BrI.C5H8O4/c1-7-6-8(4-5-9(7)13)10(11(14)16-2)12(15)17-3;1-5-4-6(9)2-3-7(5)8;1-8-4(6)3-5(7)9-2/h4-6,10H,1-3H3;2-4H,1H3;3H2,1-2H3. The molecule has 0 aliphatic carbocycles. The van der Waals surface area contributed by atoms with Crippen LogP contribution in [0.15, 0.2) is 45.3 Å². The van der Waals surface area contributed by atoms with Crippen LogP contribution >= 0.6 is 54.5 Å². The van der Waals surface area contributed by atoms with Gasteiger partial charge in [-0.1, -0.05) is 44.0 Å². The number of carbonyl (C=O) groups excluding carboxylic acids is 4. The first-order chi connectivity index (χ1) is 16.4. The van der Waals surface area contributed by atoms with Crippen molar-refractivity contribution in [2.24, 2.45) is 0 Å². The van der Waals surface area contributed by atoms with Gasteiger partial charge in [-0.25, -0.2) is 0 Å². The Bertz CT molecular complexity index is 997. The summed E-state index contributed by atoms with van der Waals surface area (Å²) in [5, 5.41) is 0. The van der Waals surface area contributed by atoms with Crippen LogP contribution < -0.4 is 0 Å². The van der Waals surface area contributed by atoms with E-state index in [1.807, 2.05) is 6.92 Å². The molecule has 11 heteroatoms. The number of carbonyl (C=O) groups is 4. The molecular formula is C24H27Br2IO8. The zero-order chi connectivity index (χ0) is 27.1. The van der Waals surface area contributed by atoms with Crippen LogP contribution in [0.25, 0.3) is 0 Å². The largest absolute Gasteiger partial charge is 0.469 e. The number of aryl methyl sites for hydroxylation is 2. The summed E-state index contributed by atoms with van der Waals surface area (Å²) in [5.41, 5.74) is 2.78. The first-order valence-corrected chi connectivity index (χ1v) is 12.5. The number of hydrogen-bond acceptors (Lipinski definition) is 8. The number of benzene rings is 2. The van der Waals surface area contributed by atoms with Gasteiger partial charge >= 0.3 is 23.9 Å². The molecule has 0 aliphatic rings. The smallest absolute Gasteiger partial charge is 0.324 e. The van der Waals surface area contributed by atoms with E-state index in [4.69, 9.17) is 0 Å². The first kappa shape index (κ1) is 33.0. The molecule has 8 nitrogen and oxygen atoms in total. The lowest BCUT2D eigenvalue weighted by molar-refractivity contribution is -0.155. The zero-order valence-corrected chi connectivity index (χ0v) is 25.5. The second kappa shape index (κ2) is 17.4. The third-order valence-corrected chi connectivity index (χ3v) is 6.70. The van der Waals surface area contributed by atoms with E-state index in [1.54, 1.807) is 18.2 Å². The van der Waals surface area contributed by atoms with E-state index in [0.29, 0.717) is 5.56 Å². The Balaban J connectivity index is 0.000000543. The molecule has 0 N–H and O–H groups in total. The Morgan fingerprint density at radius 1 is 0.743 bits per heavy atom. The second-order valence-corrected chi connectivity index (χ2v) is 9.66. The fourth-order valence-corrected chi connectivity index (χ4v) is 3.46. The van der Waals surface area contributed by atoms with Crippen LogP contribution in [0.5, 0.6) is 0 Å². The van der Waals surface area contributed by atoms with E-state index in [2.05, 4.69) is 98.5 Å². The Morgan fingerprint density at radius 3 is 1.51 bits per heavy atom. The molecule has 0 spiro atoms. The second-order valence-electron chi connectivity index (χ2n) is 6.71. The van der Waals surface area contributed by atoms with Gasteiger partial charge in [0.05, 0.1) is 28.4 Å². The number of halogens is 3. The van der Waals surface area contributed by atoms with E-state index < -0.39 is 29.8 Å². The molecule has 0 saturated carbocycles. The summed E-state index contributed by atoms with van der Waals surface area (Å²) in [6.45, 7) is 3.96. The summed E-state index contributed by atoms with van der Waals surface area (Å²) in [4.78, 5) is 43.7. The van der Waals surface area contributed by atoms with Gasteiger partial charge in [-0.2, -0.15) is 0 Å². The molecule has 0 saturated heterocycles. The summed E-state index contributed by atoms with van der Waals surface area (Å²) >= 11 is 9.08. The molecule has 0 unspecified atom stereocenters. The fraction of sp³-hybridized carbons (Fsp3) is 0.333. The minimum atomic E-state index is -1.03. The molecule has 0 fully saturated rings. The fourth-order valence-electron chi connectivity index (χ4n) is 2.32. The van der Waals surface area contributed by atoms with Gasteiger partial charge in [0.25, 0.3) is 0 Å². The lowest BCUT2D eigenvalue weighted by Gasteiger charge is -2.13. The van der Waals surface area contributed by atoms with Crippen molar-refractivity contribution in [3.8, 4) is 0 Å². The monoisotopic (exact) mass is 728 g/mol. The molecular weight excluding hydrogens is 703 g/mol. The third-order valence-electron chi connectivity index (χ3n) is 4.25. The summed E-state index contributed by atoms with van der Waals surface area (Å²) in [5.74, 6) is -3.45. The number of rotatable bonds is 5. The van der Waals surface area contributed by atoms with Crippen molar-refractivity contribution in [1.82, 2.24) is 0 Å². The average molecular weight is 730 g/mol. The van der Waals surface area contributed by atoms with Gasteiger partial charge in [0.2, 0.25) is 0 Å². The molecule has 0 aliphatic heterocycles. The Labute approximate surface area is 235 Å². The molecule has 0 bridgehead atoms. The van der Waals surface area contributed by atoms with Crippen LogP contribution in [-0.4, -0.2) is 52.3 Å². The Hall–Kier alpha value is -1.99. The number of esters is 4. The highest BCUT2D eigenvalue weighted by atomic mass is 127. The molecule has 0 radical (unpaired) electrons. The lowest BCUT2D eigenvalue weighted by atomic mass is 9.98. The van der Waals surface area contributed by atoms with Crippen LogP contribution in [0.2, 0.25) is 0 Å². The average Bonchev–Trinajstić information content (AvgIpc) is 2.84. The van der Waals surface area contributed by atoms with Gasteiger partial charge in [-0.3, -0.25) is 19.2 Å². The Kier molecular flexibility index (Phi) is 16.4. The Morgan fingerprint density at radius 2 is 1.17 bits per heavy atom. The van der Waals surface area contributed by atoms with Gasteiger partial charge in [-0.15, -0.1) is 0 Å². The van der Waals surface area contributed by atoms with Crippen molar-refractivity contribution >= 4 is 78.3 Å². The highest BCUT2D eigenvalue weighted by molar-refractivity contribution is 14.1. The SMILES string of the molecule is COC(=O)C(C(=O)OC)c1ccc(Br)c(C)c1.COC(=O)CC(=O)OC.Cc1cc(I)ccc1Br. The van der Waals surface area contributed by atoms with Crippen LogP contribution in [0.1, 0.15) is 29.0 Å². The van der Waals surface area contributed by atoms with Crippen LogP contribution in [0, 0.1) is 17.4 Å². The van der Waals surface area contributed by atoms with Crippen LogP contribution in [-0.2, 0) is 38.1 Å². The molecule has 192 valence electrons. The minimum absolute atomic E-state index is 0.312. The highest BCUT2D eigenvalue weighted by Gasteiger charge is 2.30. The number of ether oxygens (including phenoxy) is 4. The zero-order valence-electron chi connectivity index (χ0n) is 20.1. The number of hydrogen-bond donors (Lipinski definition) is 0. The summed E-state index contributed by atoms with van der Waals surface area (Å²) in [6, 6.07) is 11.5. The van der Waals surface area contributed by atoms with Gasteiger partial charge < -0.3 is 18.9 Å². The van der Waals surface area contributed by atoms with Crippen molar-refractivity contribution in [3.63, 3.8) is 0 Å². The van der Waals surface area contributed by atoms with Gasteiger partial charge in [0.15, 0.2) is 5.92 Å². The molecule has 2 aromatic rings. The third kappa shape index (κ3) is 12.5. The van der Waals surface area contributed by atoms with E-state index in [1.165, 1.54) is 42.0 Å². The van der Waals surface area contributed by atoms with E-state index in [0.717, 1.165) is 10.0 Å². The van der Waals surface area contributed by atoms with Gasteiger partial charge in [0.1, 0.15) is 6.42 Å². The van der Waals surface area contributed by atoms with E-state index in [9.17, 15) is 19.2 Å². The maximum atomic E-state index is 11.6. The van der Waals surface area contributed by atoms with Gasteiger partial charge in [0, 0.05) is 12.5 Å². The maximum absolute atomic E-state index is 11.6. The van der Waals surface area contributed by atoms with Crippen molar-refractivity contribution in [3.05, 3.63) is 65.6 Å². The van der Waals surface area contributed by atoms with Crippen molar-refractivity contribution in [1.29, 1.82) is 0 Å². The number of methoxy groups -OCH3 is 4. The van der Waals surface area contributed by atoms with E-state index >= 15 is 0 Å². The van der Waals surface area contributed by atoms with Crippen molar-refractivity contribution in [2.75, 3.05) is 28.4 Å². The predicted octanol–water partition coefficient (Wildman–Crippen LogP) is 5.27. The summed E-state index contributed by atoms with van der Waals surface area (Å²) in [7, 11) is 4.91. The quantitative estimate of drug-likeness (QED) is 0.178. The van der Waals surface area contributed by atoms with Gasteiger partial charge in [-0.05, 0) is 77.4 Å². The lowest BCUT2D eigenvalue weighted by Crippen LogP contribution is -2.24. The highest BCUT2D eigenvalue weighted by Crippen LogP contribution is 2.24. The normalized spacial score (nSPS) is 9.54. The molecule has 35 heavy (non-hydrogen) atoms. The van der Waals surface area contributed by atoms with Crippen LogP contribution in [0.4, 0.5) is 0 Å². The topological polar surface area (TPSA) is 105 Å².